The largest absolute Gasteiger partial charge is 0.295 e. The first kappa shape index (κ1) is 17.5. The molecule has 1 fully saturated rings. The van der Waals surface area contributed by atoms with Crippen molar-refractivity contribution in [3.8, 4) is 0 Å². The van der Waals surface area contributed by atoms with Crippen molar-refractivity contribution < 1.29 is 4.79 Å². The Balaban J connectivity index is 1.80. The van der Waals surface area contributed by atoms with Gasteiger partial charge in [0, 0.05) is 29.2 Å². The molecule has 2 aliphatic carbocycles. The number of fused-ring (bicyclic) bond motifs is 3. The van der Waals surface area contributed by atoms with Crippen molar-refractivity contribution in [3.63, 3.8) is 0 Å². The summed E-state index contributed by atoms with van der Waals surface area (Å²) in [7, 11) is 0. The van der Waals surface area contributed by atoms with Gasteiger partial charge in [-0.3, -0.25) is 9.80 Å². The number of nitrogens with zero attached hydrogens (tertiary/aromatic N) is 2. The summed E-state index contributed by atoms with van der Waals surface area (Å²) >= 11 is 0. The molecule has 26 heavy (non-hydrogen) atoms. The van der Waals surface area contributed by atoms with Crippen molar-refractivity contribution >= 4 is 11.5 Å². The number of carbonyl (C=O) groups excluding carboxylic acids is 1. The lowest BCUT2D eigenvalue weighted by Crippen LogP contribution is -2.39. The molecule has 3 aliphatic rings. The van der Waals surface area contributed by atoms with Crippen molar-refractivity contribution in [2.75, 3.05) is 0 Å². The Labute approximate surface area is 157 Å². The molecule has 3 nitrogen and oxygen atoms in total. The van der Waals surface area contributed by atoms with E-state index in [0.717, 1.165) is 18.5 Å². The normalized spacial score (nSPS) is 25.9. The average Bonchev–Trinajstić information content (AvgIpc) is 3.20. The Bertz CT molecular complexity index is 799. The standard InChI is InChI=1S/C23H25N2O/c1-14-11-15(2)19-9-10-20-22(21(19)12-14)24-25(16(3)13-17(4)26)23(20)18-7-5-6-8-18/h5-8,11-13,20,23H,9-10H2,1-4H3/b16-13+. The van der Waals surface area contributed by atoms with E-state index in [2.05, 4.69) is 56.7 Å². The van der Waals surface area contributed by atoms with Crippen LogP contribution in [0.5, 0.6) is 0 Å². The topological polar surface area (TPSA) is 32.7 Å². The Morgan fingerprint density at radius 3 is 2.62 bits per heavy atom. The van der Waals surface area contributed by atoms with Gasteiger partial charge in [-0.25, -0.2) is 0 Å². The van der Waals surface area contributed by atoms with Gasteiger partial charge in [0.1, 0.15) is 0 Å². The molecule has 0 spiro atoms. The van der Waals surface area contributed by atoms with Crippen LogP contribution < -0.4 is 0 Å². The minimum absolute atomic E-state index is 0.0610. The van der Waals surface area contributed by atoms with Crippen molar-refractivity contribution in [3.05, 3.63) is 77.8 Å². The highest BCUT2D eigenvalue weighted by atomic mass is 16.1. The maximum atomic E-state index is 11.7. The van der Waals surface area contributed by atoms with Crippen LogP contribution in [-0.4, -0.2) is 22.5 Å². The van der Waals surface area contributed by atoms with Crippen LogP contribution in [0.15, 0.2) is 29.0 Å². The molecule has 1 aliphatic heterocycles. The van der Waals surface area contributed by atoms with Crippen LogP contribution in [0.1, 0.15) is 42.5 Å². The summed E-state index contributed by atoms with van der Waals surface area (Å²) in [6.07, 6.45) is 12.4. The van der Waals surface area contributed by atoms with Gasteiger partial charge < -0.3 is 0 Å². The molecule has 2 unspecified atom stereocenters. The fourth-order valence-corrected chi connectivity index (χ4v) is 4.60. The lowest BCUT2D eigenvalue weighted by atomic mass is 9.74. The number of hydrogen-bond acceptors (Lipinski definition) is 3. The molecule has 1 heterocycles. The van der Waals surface area contributed by atoms with Gasteiger partial charge in [0.2, 0.25) is 0 Å². The molecule has 0 amide bonds. The monoisotopic (exact) mass is 345 g/mol. The molecular weight excluding hydrogens is 320 g/mol. The first-order valence-electron chi connectivity index (χ1n) is 9.34. The number of ketones is 1. The summed E-state index contributed by atoms with van der Waals surface area (Å²) in [6, 6.07) is 4.72. The number of allylic oxidation sites excluding steroid dienone is 2. The van der Waals surface area contributed by atoms with Crippen molar-refractivity contribution in [2.45, 2.75) is 46.6 Å². The molecule has 1 saturated carbocycles. The third-order valence-corrected chi connectivity index (χ3v) is 5.61. The summed E-state index contributed by atoms with van der Waals surface area (Å²) in [5.74, 6) is 1.70. The van der Waals surface area contributed by atoms with E-state index in [1.807, 2.05) is 6.92 Å². The Morgan fingerprint density at radius 2 is 1.92 bits per heavy atom. The van der Waals surface area contributed by atoms with E-state index in [1.165, 1.54) is 33.9 Å². The minimum atomic E-state index is 0.0610. The van der Waals surface area contributed by atoms with E-state index in [4.69, 9.17) is 5.10 Å². The molecule has 0 saturated heterocycles. The van der Waals surface area contributed by atoms with E-state index in [-0.39, 0.29) is 11.8 Å². The van der Waals surface area contributed by atoms with E-state index in [9.17, 15) is 4.79 Å². The smallest absolute Gasteiger partial charge is 0.154 e. The summed E-state index contributed by atoms with van der Waals surface area (Å²) in [4.78, 5) is 11.7. The van der Waals surface area contributed by atoms with Gasteiger partial charge in [-0.15, -0.1) is 0 Å². The van der Waals surface area contributed by atoms with Crippen LogP contribution >= 0.6 is 0 Å². The fourth-order valence-electron chi connectivity index (χ4n) is 4.60. The molecule has 0 N–H and O–H groups in total. The molecular formula is C23H25N2O. The lowest BCUT2D eigenvalue weighted by molar-refractivity contribution is -0.112. The number of aryl methyl sites for hydroxylation is 2. The van der Waals surface area contributed by atoms with E-state index in [1.54, 1.807) is 13.0 Å². The van der Waals surface area contributed by atoms with Crippen molar-refractivity contribution in [2.24, 2.45) is 11.0 Å². The van der Waals surface area contributed by atoms with Crippen LogP contribution in [-0.2, 0) is 11.2 Å². The first-order chi connectivity index (χ1) is 12.5. The summed E-state index contributed by atoms with van der Waals surface area (Å²) < 4.78 is 0. The zero-order valence-electron chi connectivity index (χ0n) is 15.9. The maximum absolute atomic E-state index is 11.7. The lowest BCUT2D eigenvalue weighted by Gasteiger charge is -2.34. The van der Waals surface area contributed by atoms with Crippen LogP contribution in [0.3, 0.4) is 0 Å². The third kappa shape index (κ3) is 2.91. The second-order valence-electron chi connectivity index (χ2n) is 7.64. The Kier molecular flexibility index (Phi) is 4.50. The SMILES string of the molecule is CC(=O)/C=C(\C)N1N=C2c3cc(C)cc(C)c3CCC2C1[C]1[CH][CH][CH][CH]1. The fraction of sp³-hybridized carbons (Fsp3) is 0.348. The minimum Gasteiger partial charge on any atom is -0.295 e. The van der Waals surface area contributed by atoms with Gasteiger partial charge >= 0.3 is 0 Å². The van der Waals surface area contributed by atoms with Gasteiger partial charge in [-0.2, -0.15) is 5.10 Å². The second-order valence-corrected chi connectivity index (χ2v) is 7.64. The molecule has 1 aromatic rings. The highest BCUT2D eigenvalue weighted by molar-refractivity contribution is 6.06. The van der Waals surface area contributed by atoms with Crippen LogP contribution in [0, 0.1) is 51.4 Å². The third-order valence-electron chi connectivity index (χ3n) is 5.61. The van der Waals surface area contributed by atoms with E-state index >= 15 is 0 Å². The van der Waals surface area contributed by atoms with Gasteiger partial charge in [-0.05, 0) is 83.4 Å². The van der Waals surface area contributed by atoms with E-state index in [0.29, 0.717) is 5.92 Å². The van der Waals surface area contributed by atoms with Crippen molar-refractivity contribution in [1.82, 2.24) is 5.01 Å². The number of hydrogen-bond donors (Lipinski definition) is 0. The van der Waals surface area contributed by atoms with Crippen LogP contribution in [0.2, 0.25) is 0 Å². The number of carbonyl (C=O) groups is 1. The van der Waals surface area contributed by atoms with Crippen LogP contribution in [0.4, 0.5) is 0 Å². The van der Waals surface area contributed by atoms with Crippen molar-refractivity contribution in [1.29, 1.82) is 0 Å². The molecule has 133 valence electrons. The highest BCUT2D eigenvalue weighted by Gasteiger charge is 2.46. The second kappa shape index (κ2) is 6.68. The predicted octanol–water partition coefficient (Wildman–Crippen LogP) is 4.15. The molecule has 2 atom stereocenters. The molecule has 3 heteroatoms. The predicted molar refractivity (Wildman–Crippen MR) is 105 cm³/mol. The summed E-state index contributed by atoms with van der Waals surface area (Å²) in [5.41, 5.74) is 7.47. The highest BCUT2D eigenvalue weighted by Crippen LogP contribution is 2.44. The van der Waals surface area contributed by atoms with Gasteiger partial charge in [0.05, 0.1) is 11.8 Å². The first-order valence-corrected chi connectivity index (χ1v) is 9.34. The average molecular weight is 345 g/mol. The molecule has 0 bridgehead atoms. The quantitative estimate of drug-likeness (QED) is 0.771. The van der Waals surface area contributed by atoms with Gasteiger partial charge in [0.15, 0.2) is 5.78 Å². The Hall–Kier alpha value is -1.90. The molecule has 5 radical (unpaired) electrons. The van der Waals surface area contributed by atoms with Gasteiger partial charge in [-0.1, -0.05) is 11.6 Å². The zero-order valence-corrected chi connectivity index (χ0v) is 15.9. The maximum Gasteiger partial charge on any atom is 0.154 e. The number of benzene rings is 1. The summed E-state index contributed by atoms with van der Waals surface area (Å²) in [6.45, 7) is 7.94. The van der Waals surface area contributed by atoms with Gasteiger partial charge in [0.25, 0.3) is 0 Å². The number of rotatable bonds is 3. The number of hydrazone groups is 1. The Morgan fingerprint density at radius 1 is 1.19 bits per heavy atom. The molecule has 1 aromatic carbocycles. The molecule has 0 aromatic heterocycles. The van der Waals surface area contributed by atoms with Crippen LogP contribution in [0.25, 0.3) is 0 Å². The summed E-state index contributed by atoms with van der Waals surface area (Å²) in [5, 5.41) is 7.13. The van der Waals surface area contributed by atoms with E-state index < -0.39 is 0 Å². The zero-order chi connectivity index (χ0) is 18.4. The molecule has 4 rings (SSSR count).